The van der Waals surface area contributed by atoms with Crippen LogP contribution in [0.1, 0.15) is 10.5 Å². The van der Waals surface area contributed by atoms with E-state index >= 15 is 0 Å². The van der Waals surface area contributed by atoms with Crippen LogP contribution in [0.5, 0.6) is 5.75 Å². The van der Waals surface area contributed by atoms with E-state index in [0.29, 0.717) is 28.2 Å². The number of ether oxygens (including phenoxy) is 1. The van der Waals surface area contributed by atoms with E-state index in [9.17, 15) is 9.59 Å². The van der Waals surface area contributed by atoms with Crippen molar-refractivity contribution in [3.05, 3.63) is 88.8 Å². The Hall–Kier alpha value is -4.39. The Balaban J connectivity index is 1.42. The van der Waals surface area contributed by atoms with Crippen molar-refractivity contribution in [1.29, 1.82) is 0 Å². The number of aromatic nitrogens is 3. The van der Waals surface area contributed by atoms with Crippen LogP contribution in [0.15, 0.2) is 77.6 Å². The summed E-state index contributed by atoms with van der Waals surface area (Å²) in [5.74, 6) is 0.431. The molecular formula is C24H18N4O3. The van der Waals surface area contributed by atoms with Gasteiger partial charge in [0, 0.05) is 22.0 Å². The first-order valence-corrected chi connectivity index (χ1v) is 9.69. The normalized spacial score (nSPS) is 11.0. The van der Waals surface area contributed by atoms with Gasteiger partial charge in [-0.25, -0.2) is 5.10 Å². The first-order valence-electron chi connectivity index (χ1n) is 9.69. The van der Waals surface area contributed by atoms with Crippen LogP contribution < -0.4 is 15.6 Å². The molecule has 0 bridgehead atoms. The maximum atomic E-state index is 12.7. The van der Waals surface area contributed by atoms with Crippen molar-refractivity contribution in [1.82, 2.24) is 15.2 Å². The highest BCUT2D eigenvalue weighted by atomic mass is 16.5. The Labute approximate surface area is 176 Å². The van der Waals surface area contributed by atoms with E-state index in [1.807, 2.05) is 48.5 Å². The number of fused-ring (bicyclic) bond motifs is 2. The predicted octanol–water partition coefficient (Wildman–Crippen LogP) is 4.33. The number of aromatic amines is 2. The molecule has 3 aromatic carbocycles. The molecule has 0 unspecified atom stereocenters. The molecule has 0 saturated heterocycles. The molecule has 3 N–H and O–H groups in total. The third kappa shape index (κ3) is 3.32. The topological polar surface area (TPSA) is 99.9 Å². The standard InChI is InChI=1S/C24H18N4O3/c1-31-20-8-4-5-15-13-19(26-22(15)20)24(30)25-16-11-9-14(10-12-16)21-17-6-2-3-7-18(17)23(29)28-27-21/h2-13,26H,1H3,(H,25,30)(H,28,29). The van der Waals surface area contributed by atoms with Crippen molar-refractivity contribution in [2.45, 2.75) is 0 Å². The zero-order valence-corrected chi connectivity index (χ0v) is 16.6. The predicted molar refractivity (Wildman–Crippen MR) is 121 cm³/mol. The molecule has 0 aliphatic heterocycles. The summed E-state index contributed by atoms with van der Waals surface area (Å²) in [5, 5.41) is 11.9. The molecular weight excluding hydrogens is 392 g/mol. The summed E-state index contributed by atoms with van der Waals surface area (Å²) >= 11 is 0. The average molecular weight is 410 g/mol. The molecule has 0 radical (unpaired) electrons. The maximum Gasteiger partial charge on any atom is 0.272 e. The van der Waals surface area contributed by atoms with E-state index in [1.165, 1.54) is 0 Å². The lowest BCUT2D eigenvalue weighted by Gasteiger charge is -2.07. The smallest absolute Gasteiger partial charge is 0.272 e. The van der Waals surface area contributed by atoms with Gasteiger partial charge in [0.1, 0.15) is 11.4 Å². The lowest BCUT2D eigenvalue weighted by Crippen LogP contribution is -2.12. The number of para-hydroxylation sites is 1. The highest BCUT2D eigenvalue weighted by Crippen LogP contribution is 2.27. The van der Waals surface area contributed by atoms with Crippen LogP contribution in [0.3, 0.4) is 0 Å². The molecule has 0 atom stereocenters. The molecule has 0 aliphatic carbocycles. The van der Waals surface area contributed by atoms with Gasteiger partial charge in [0.2, 0.25) is 0 Å². The number of carbonyl (C=O) groups excluding carboxylic acids is 1. The van der Waals surface area contributed by atoms with Crippen molar-refractivity contribution in [3.63, 3.8) is 0 Å². The van der Waals surface area contributed by atoms with Gasteiger partial charge in [-0.1, -0.05) is 42.5 Å². The molecule has 0 saturated carbocycles. The molecule has 1 amide bonds. The number of carbonyl (C=O) groups is 1. The average Bonchev–Trinajstić information content (AvgIpc) is 3.25. The molecule has 0 aliphatic rings. The van der Waals surface area contributed by atoms with Gasteiger partial charge in [-0.3, -0.25) is 9.59 Å². The summed E-state index contributed by atoms with van der Waals surface area (Å²) in [6.07, 6.45) is 0. The quantitative estimate of drug-likeness (QED) is 0.410. The van der Waals surface area contributed by atoms with E-state index in [-0.39, 0.29) is 11.5 Å². The monoisotopic (exact) mass is 410 g/mol. The number of rotatable bonds is 4. The van der Waals surface area contributed by atoms with E-state index < -0.39 is 0 Å². The largest absolute Gasteiger partial charge is 0.495 e. The highest BCUT2D eigenvalue weighted by molar-refractivity contribution is 6.06. The molecule has 0 spiro atoms. The Morgan fingerprint density at radius 2 is 1.74 bits per heavy atom. The second kappa shape index (κ2) is 7.46. The molecule has 31 heavy (non-hydrogen) atoms. The Kier molecular flexibility index (Phi) is 4.48. The lowest BCUT2D eigenvalue weighted by molar-refractivity contribution is 0.102. The number of amides is 1. The van der Waals surface area contributed by atoms with Gasteiger partial charge in [0.15, 0.2) is 0 Å². The minimum absolute atomic E-state index is 0.224. The van der Waals surface area contributed by atoms with Crippen LogP contribution in [-0.4, -0.2) is 28.2 Å². The zero-order chi connectivity index (χ0) is 21.4. The number of hydrogen-bond acceptors (Lipinski definition) is 4. The molecule has 2 heterocycles. The third-order valence-electron chi connectivity index (χ3n) is 5.19. The van der Waals surface area contributed by atoms with Crippen LogP contribution in [0.2, 0.25) is 0 Å². The summed E-state index contributed by atoms with van der Waals surface area (Å²) in [5.41, 5.74) is 3.15. The fraction of sp³-hybridized carbons (Fsp3) is 0.0417. The summed E-state index contributed by atoms with van der Waals surface area (Å²) in [6, 6.07) is 22.1. The van der Waals surface area contributed by atoms with E-state index in [4.69, 9.17) is 4.74 Å². The maximum absolute atomic E-state index is 12.7. The number of H-pyrrole nitrogens is 2. The second-order valence-electron chi connectivity index (χ2n) is 7.09. The molecule has 7 nitrogen and oxygen atoms in total. The summed E-state index contributed by atoms with van der Waals surface area (Å²) in [7, 11) is 1.59. The highest BCUT2D eigenvalue weighted by Gasteiger charge is 2.13. The summed E-state index contributed by atoms with van der Waals surface area (Å²) in [4.78, 5) is 27.8. The van der Waals surface area contributed by atoms with Crippen LogP contribution >= 0.6 is 0 Å². The van der Waals surface area contributed by atoms with Crippen molar-refractivity contribution >= 4 is 33.3 Å². The van der Waals surface area contributed by atoms with Gasteiger partial charge in [-0.2, -0.15) is 5.10 Å². The van der Waals surface area contributed by atoms with E-state index in [2.05, 4.69) is 20.5 Å². The summed E-state index contributed by atoms with van der Waals surface area (Å²) in [6.45, 7) is 0. The van der Waals surface area contributed by atoms with Crippen molar-refractivity contribution in [3.8, 4) is 17.0 Å². The lowest BCUT2D eigenvalue weighted by atomic mass is 10.0. The molecule has 152 valence electrons. The SMILES string of the molecule is COc1cccc2cc(C(=O)Nc3ccc(-c4n[nH]c(=O)c5ccccc45)cc3)[nH]c12. The Bertz CT molecular complexity index is 1480. The number of benzene rings is 3. The van der Waals surface area contributed by atoms with E-state index in [0.717, 1.165) is 21.9 Å². The Morgan fingerprint density at radius 1 is 0.968 bits per heavy atom. The number of anilines is 1. The molecule has 2 aromatic heterocycles. The fourth-order valence-corrected chi connectivity index (χ4v) is 3.67. The second-order valence-corrected chi connectivity index (χ2v) is 7.09. The minimum atomic E-state index is -0.251. The van der Waals surface area contributed by atoms with Crippen LogP contribution in [0.25, 0.3) is 32.9 Å². The van der Waals surface area contributed by atoms with Crippen LogP contribution in [0.4, 0.5) is 5.69 Å². The molecule has 7 heteroatoms. The first-order chi connectivity index (χ1) is 15.1. The number of nitrogens with one attached hydrogen (secondary N) is 3. The van der Waals surface area contributed by atoms with Crippen molar-refractivity contribution in [2.75, 3.05) is 12.4 Å². The molecule has 0 fully saturated rings. The first kappa shape index (κ1) is 18.6. The fourth-order valence-electron chi connectivity index (χ4n) is 3.67. The van der Waals surface area contributed by atoms with Crippen LogP contribution in [0, 0.1) is 0 Å². The van der Waals surface area contributed by atoms with Gasteiger partial charge in [0.25, 0.3) is 11.5 Å². The number of hydrogen-bond donors (Lipinski definition) is 3. The van der Waals surface area contributed by atoms with Gasteiger partial charge in [-0.05, 0) is 30.3 Å². The van der Waals surface area contributed by atoms with Crippen molar-refractivity contribution < 1.29 is 9.53 Å². The number of methoxy groups -OCH3 is 1. The van der Waals surface area contributed by atoms with Gasteiger partial charge in [0.05, 0.1) is 23.7 Å². The minimum Gasteiger partial charge on any atom is -0.495 e. The van der Waals surface area contributed by atoms with Gasteiger partial charge >= 0.3 is 0 Å². The molecule has 5 aromatic rings. The zero-order valence-electron chi connectivity index (χ0n) is 16.6. The van der Waals surface area contributed by atoms with Crippen molar-refractivity contribution in [2.24, 2.45) is 0 Å². The van der Waals surface area contributed by atoms with Gasteiger partial charge in [-0.15, -0.1) is 0 Å². The Morgan fingerprint density at radius 3 is 2.52 bits per heavy atom. The van der Waals surface area contributed by atoms with Gasteiger partial charge < -0.3 is 15.0 Å². The third-order valence-corrected chi connectivity index (χ3v) is 5.19. The number of nitrogens with zero attached hydrogens (tertiary/aromatic N) is 1. The van der Waals surface area contributed by atoms with Crippen LogP contribution in [-0.2, 0) is 0 Å². The summed E-state index contributed by atoms with van der Waals surface area (Å²) < 4.78 is 5.34. The molecule has 5 rings (SSSR count). The van der Waals surface area contributed by atoms with E-state index in [1.54, 1.807) is 31.4 Å².